The predicted octanol–water partition coefficient (Wildman–Crippen LogP) is 1.82. The minimum absolute atomic E-state index is 0.261. The maximum atomic E-state index is 12.2. The Morgan fingerprint density at radius 2 is 2.18 bits per heavy atom. The van der Waals surface area contributed by atoms with Crippen molar-refractivity contribution in [3.8, 4) is 0 Å². The number of amides is 1. The van der Waals surface area contributed by atoms with Crippen LogP contribution in [0.5, 0.6) is 0 Å². The van der Waals surface area contributed by atoms with Crippen molar-refractivity contribution in [3.05, 3.63) is 58.7 Å². The molecular weight excluding hydrogens is 376 g/mol. The van der Waals surface area contributed by atoms with E-state index in [1.807, 2.05) is 16.7 Å². The van der Waals surface area contributed by atoms with Gasteiger partial charge < -0.3 is 15.5 Å². The molecule has 0 unspecified atom stereocenters. The number of anilines is 1. The summed E-state index contributed by atoms with van der Waals surface area (Å²) in [4.78, 5) is 21.7. The third-order valence-electron chi connectivity index (χ3n) is 4.66. The van der Waals surface area contributed by atoms with E-state index in [9.17, 15) is 4.79 Å². The zero-order valence-corrected chi connectivity index (χ0v) is 15.8. The van der Waals surface area contributed by atoms with Crippen LogP contribution in [0.4, 0.5) is 5.13 Å². The number of nitrogen functional groups attached to an aromatic ring is 1. The third kappa shape index (κ3) is 3.46. The Hall–Kier alpha value is -3.27. The van der Waals surface area contributed by atoms with Crippen molar-refractivity contribution in [2.24, 2.45) is 0 Å². The van der Waals surface area contributed by atoms with Crippen molar-refractivity contribution < 1.29 is 4.79 Å². The van der Waals surface area contributed by atoms with Crippen LogP contribution in [-0.4, -0.2) is 35.3 Å². The Bertz CT molecular complexity index is 1160. The number of aromatic nitrogens is 6. The van der Waals surface area contributed by atoms with Gasteiger partial charge in [-0.2, -0.15) is 0 Å². The van der Waals surface area contributed by atoms with Gasteiger partial charge in [-0.15, -0.1) is 16.4 Å². The Labute approximate surface area is 164 Å². The van der Waals surface area contributed by atoms with Crippen LogP contribution in [0.25, 0.3) is 5.65 Å². The molecule has 0 radical (unpaired) electrons. The number of hydrogen-bond acceptors (Lipinski definition) is 7. The summed E-state index contributed by atoms with van der Waals surface area (Å²) in [5.41, 5.74) is 8.98. The van der Waals surface area contributed by atoms with Crippen LogP contribution in [0.1, 0.15) is 45.4 Å². The van der Waals surface area contributed by atoms with E-state index < -0.39 is 0 Å². The first-order valence-corrected chi connectivity index (χ1v) is 9.82. The molecule has 1 fully saturated rings. The topological polar surface area (TPSA) is 116 Å². The quantitative estimate of drug-likeness (QED) is 0.515. The van der Waals surface area contributed by atoms with Crippen molar-refractivity contribution in [2.45, 2.75) is 31.8 Å². The maximum absolute atomic E-state index is 12.2. The molecule has 0 aliphatic heterocycles. The van der Waals surface area contributed by atoms with Crippen LogP contribution in [0.15, 0.2) is 36.9 Å². The van der Waals surface area contributed by atoms with E-state index in [-0.39, 0.29) is 11.6 Å². The molecule has 9 nitrogen and oxygen atoms in total. The number of fused-ring (bicyclic) bond motifs is 1. The van der Waals surface area contributed by atoms with Crippen LogP contribution in [0.3, 0.4) is 0 Å². The Kier molecular flexibility index (Phi) is 4.05. The molecule has 1 saturated carbocycles. The molecule has 1 amide bonds. The number of pyridine rings is 1. The summed E-state index contributed by atoms with van der Waals surface area (Å²) in [7, 11) is 0. The summed E-state index contributed by atoms with van der Waals surface area (Å²) in [6.07, 6.45) is 9.96. The molecule has 142 valence electrons. The van der Waals surface area contributed by atoms with Crippen molar-refractivity contribution in [1.82, 2.24) is 34.7 Å². The lowest BCUT2D eigenvalue weighted by Crippen LogP contribution is -2.22. The molecule has 1 aliphatic carbocycles. The monoisotopic (exact) mass is 394 g/mol. The first-order chi connectivity index (χ1) is 13.6. The van der Waals surface area contributed by atoms with Crippen LogP contribution < -0.4 is 11.1 Å². The molecule has 0 spiro atoms. The minimum atomic E-state index is -0.290. The van der Waals surface area contributed by atoms with Gasteiger partial charge in [0.15, 0.2) is 10.8 Å². The highest BCUT2D eigenvalue weighted by Crippen LogP contribution is 2.39. The van der Waals surface area contributed by atoms with Gasteiger partial charge in [-0.3, -0.25) is 4.79 Å². The fourth-order valence-corrected chi connectivity index (χ4v) is 3.73. The molecule has 10 heteroatoms. The Balaban J connectivity index is 1.25. The second-order valence-electron chi connectivity index (χ2n) is 6.88. The summed E-state index contributed by atoms with van der Waals surface area (Å²) in [5, 5.41) is 11.3. The summed E-state index contributed by atoms with van der Waals surface area (Å²) in [6.45, 7) is 0.808. The van der Waals surface area contributed by atoms with E-state index in [4.69, 9.17) is 5.73 Å². The van der Waals surface area contributed by atoms with E-state index in [0.717, 1.165) is 16.2 Å². The molecule has 28 heavy (non-hydrogen) atoms. The van der Waals surface area contributed by atoms with Crippen molar-refractivity contribution in [3.63, 3.8) is 0 Å². The molecule has 0 bridgehead atoms. The van der Waals surface area contributed by atoms with Crippen LogP contribution in [-0.2, 0) is 13.1 Å². The van der Waals surface area contributed by atoms with Crippen LogP contribution >= 0.6 is 11.3 Å². The van der Waals surface area contributed by atoms with Crippen molar-refractivity contribution in [1.29, 1.82) is 0 Å². The van der Waals surface area contributed by atoms with Gasteiger partial charge in [0.05, 0.1) is 25.0 Å². The van der Waals surface area contributed by atoms with E-state index in [0.29, 0.717) is 24.1 Å². The minimum Gasteiger partial charge on any atom is -0.375 e. The van der Waals surface area contributed by atoms with Gasteiger partial charge in [0.2, 0.25) is 0 Å². The van der Waals surface area contributed by atoms with Crippen molar-refractivity contribution in [2.75, 3.05) is 5.73 Å². The number of rotatable bonds is 6. The smallest absolute Gasteiger partial charge is 0.273 e. The van der Waals surface area contributed by atoms with Gasteiger partial charge in [-0.25, -0.2) is 14.6 Å². The van der Waals surface area contributed by atoms with Gasteiger partial charge in [-0.05, 0) is 30.4 Å². The van der Waals surface area contributed by atoms with Gasteiger partial charge >= 0.3 is 0 Å². The fourth-order valence-electron chi connectivity index (χ4n) is 3.10. The average molecular weight is 394 g/mol. The van der Waals surface area contributed by atoms with E-state index in [1.165, 1.54) is 29.7 Å². The highest BCUT2D eigenvalue weighted by Gasteiger charge is 2.23. The zero-order valence-electron chi connectivity index (χ0n) is 14.9. The summed E-state index contributed by atoms with van der Waals surface area (Å²) >= 11 is 1.34. The Morgan fingerprint density at radius 3 is 2.96 bits per heavy atom. The second kappa shape index (κ2) is 6.71. The fraction of sp³-hybridized carbons (Fsp3) is 0.278. The largest absolute Gasteiger partial charge is 0.375 e. The summed E-state index contributed by atoms with van der Waals surface area (Å²) in [6, 6.07) is 4.20. The lowest BCUT2D eigenvalue weighted by Gasteiger charge is -1.99. The molecule has 3 N–H and O–H groups in total. The van der Waals surface area contributed by atoms with Crippen LogP contribution in [0, 0.1) is 0 Å². The lowest BCUT2D eigenvalue weighted by molar-refractivity contribution is 0.0946. The Morgan fingerprint density at radius 1 is 1.29 bits per heavy atom. The zero-order chi connectivity index (χ0) is 19.1. The van der Waals surface area contributed by atoms with Gasteiger partial charge in [0.1, 0.15) is 5.65 Å². The summed E-state index contributed by atoms with van der Waals surface area (Å²) < 4.78 is 3.66. The maximum Gasteiger partial charge on any atom is 0.273 e. The van der Waals surface area contributed by atoms with Crippen molar-refractivity contribution >= 4 is 28.0 Å². The number of carbonyl (C=O) groups is 1. The highest BCUT2D eigenvalue weighted by molar-refractivity contribution is 7.15. The molecule has 4 aromatic rings. The molecule has 1 aliphatic rings. The van der Waals surface area contributed by atoms with Gasteiger partial charge in [0.25, 0.3) is 5.91 Å². The second-order valence-corrected chi connectivity index (χ2v) is 8.03. The SMILES string of the molecule is Nc1ncc(CNC(=O)c2cn(Cc3cn4cc(C5CC5)ccc4n3)nn2)s1. The molecule has 4 heterocycles. The van der Waals surface area contributed by atoms with E-state index in [2.05, 4.69) is 37.9 Å². The van der Waals surface area contributed by atoms with E-state index >= 15 is 0 Å². The first kappa shape index (κ1) is 16.9. The number of hydrogen-bond donors (Lipinski definition) is 2. The highest BCUT2D eigenvalue weighted by atomic mass is 32.1. The predicted molar refractivity (Wildman–Crippen MR) is 104 cm³/mol. The lowest BCUT2D eigenvalue weighted by atomic mass is 10.2. The number of carbonyl (C=O) groups excluding carboxylic acids is 1. The molecule has 4 aromatic heterocycles. The number of nitrogens with zero attached hydrogens (tertiary/aromatic N) is 6. The number of nitrogens with two attached hydrogens (primary N) is 1. The molecule has 5 rings (SSSR count). The molecule has 0 saturated heterocycles. The molecular formula is C18H18N8OS. The summed E-state index contributed by atoms with van der Waals surface area (Å²) in [5.74, 6) is 0.412. The first-order valence-electron chi connectivity index (χ1n) is 9.00. The van der Waals surface area contributed by atoms with E-state index in [1.54, 1.807) is 17.1 Å². The molecule has 0 aromatic carbocycles. The molecule has 0 atom stereocenters. The average Bonchev–Trinajstić information content (AvgIpc) is 3.09. The standard InChI is InChI=1S/C18H18N8OS/c19-18-21-6-14(28-18)5-20-17(27)15-10-26(24-23-15)9-13-8-25-7-12(11-1-2-11)3-4-16(25)22-13/h3-4,6-8,10-11H,1-2,5,9H2,(H2,19,21)(H,20,27). The number of nitrogens with one attached hydrogen (secondary N) is 1. The normalized spacial score (nSPS) is 13.9. The van der Waals surface area contributed by atoms with Crippen LogP contribution in [0.2, 0.25) is 0 Å². The van der Waals surface area contributed by atoms with Gasteiger partial charge in [-0.1, -0.05) is 11.3 Å². The van der Waals surface area contributed by atoms with Gasteiger partial charge in [0, 0.05) is 23.5 Å². The number of thiazole rings is 1. The third-order valence-corrected chi connectivity index (χ3v) is 5.49. The number of imidazole rings is 1.